The molecule has 0 aliphatic heterocycles. The van der Waals surface area contributed by atoms with Gasteiger partial charge in [-0.2, -0.15) is 0 Å². The fourth-order valence-corrected chi connectivity index (χ4v) is 4.21. The molecule has 1 saturated carbocycles. The van der Waals surface area contributed by atoms with Crippen LogP contribution in [0, 0.1) is 5.82 Å². The van der Waals surface area contributed by atoms with E-state index in [1.165, 1.54) is 23.1 Å². The van der Waals surface area contributed by atoms with Crippen LogP contribution in [-0.4, -0.2) is 18.4 Å². The highest BCUT2D eigenvalue weighted by molar-refractivity contribution is 7.10. The Morgan fingerprint density at radius 3 is 2.58 bits per heavy atom. The lowest BCUT2D eigenvalue weighted by molar-refractivity contribution is -0.136. The average molecular weight is 346 g/mol. The maximum Gasteiger partial charge on any atom is 0.313 e. The van der Waals surface area contributed by atoms with Gasteiger partial charge in [0.05, 0.1) is 0 Å². The van der Waals surface area contributed by atoms with Gasteiger partial charge in [-0.3, -0.25) is 9.59 Å². The van der Waals surface area contributed by atoms with Gasteiger partial charge in [-0.25, -0.2) is 4.39 Å². The van der Waals surface area contributed by atoms with Crippen LogP contribution in [0.4, 0.5) is 10.1 Å². The number of hydrogen-bond acceptors (Lipinski definition) is 3. The van der Waals surface area contributed by atoms with E-state index >= 15 is 0 Å². The number of nitrogens with one attached hydrogen (secondary N) is 2. The molecule has 2 amide bonds. The average Bonchev–Trinajstić information content (AvgIpc) is 3.24. The molecule has 24 heavy (non-hydrogen) atoms. The fourth-order valence-electron chi connectivity index (χ4n) is 3.23. The first-order chi connectivity index (χ1) is 11.6. The summed E-state index contributed by atoms with van der Waals surface area (Å²) in [7, 11) is 0. The van der Waals surface area contributed by atoms with Gasteiger partial charge in [0.25, 0.3) is 0 Å². The molecule has 1 aromatic carbocycles. The van der Waals surface area contributed by atoms with E-state index in [4.69, 9.17) is 0 Å². The molecule has 3 rings (SSSR count). The van der Waals surface area contributed by atoms with Gasteiger partial charge in [-0.05, 0) is 42.5 Å². The van der Waals surface area contributed by atoms with Crippen molar-refractivity contribution in [3.8, 4) is 0 Å². The SMILES string of the molecule is O=C(NCC1(c2cccs2)CCCC1)C(=O)Nc1cccc(F)c1. The number of rotatable bonds is 4. The Bertz CT molecular complexity index is 724. The van der Waals surface area contributed by atoms with Crippen LogP contribution in [0.15, 0.2) is 41.8 Å². The van der Waals surface area contributed by atoms with Gasteiger partial charge in [0.1, 0.15) is 5.82 Å². The van der Waals surface area contributed by atoms with Crippen molar-refractivity contribution in [2.24, 2.45) is 0 Å². The number of thiophene rings is 1. The Hall–Kier alpha value is -2.21. The minimum absolute atomic E-state index is 0.0665. The summed E-state index contributed by atoms with van der Waals surface area (Å²) in [5.41, 5.74) is 0.201. The van der Waals surface area contributed by atoms with Crippen LogP contribution in [0.25, 0.3) is 0 Å². The van der Waals surface area contributed by atoms with Crippen LogP contribution in [-0.2, 0) is 15.0 Å². The van der Waals surface area contributed by atoms with Gasteiger partial charge < -0.3 is 10.6 Å². The molecular weight excluding hydrogens is 327 g/mol. The maximum absolute atomic E-state index is 13.1. The summed E-state index contributed by atoms with van der Waals surface area (Å²) in [6, 6.07) is 9.58. The zero-order valence-corrected chi connectivity index (χ0v) is 14.0. The summed E-state index contributed by atoms with van der Waals surface area (Å²) < 4.78 is 13.1. The van der Waals surface area contributed by atoms with E-state index in [2.05, 4.69) is 16.7 Å². The molecule has 1 aliphatic carbocycles. The third kappa shape index (κ3) is 3.64. The summed E-state index contributed by atoms with van der Waals surface area (Å²) in [6.45, 7) is 0.447. The first kappa shape index (κ1) is 16.6. The second kappa shape index (κ2) is 7.13. The Balaban J connectivity index is 1.61. The third-order valence-corrected chi connectivity index (χ3v) is 5.60. The molecule has 6 heteroatoms. The largest absolute Gasteiger partial charge is 0.347 e. The van der Waals surface area contributed by atoms with E-state index in [-0.39, 0.29) is 11.1 Å². The quantitative estimate of drug-likeness (QED) is 0.833. The molecule has 4 nitrogen and oxygen atoms in total. The van der Waals surface area contributed by atoms with E-state index in [1.807, 2.05) is 11.4 Å². The van der Waals surface area contributed by atoms with Crippen molar-refractivity contribution < 1.29 is 14.0 Å². The predicted molar refractivity (Wildman–Crippen MR) is 92.5 cm³/mol. The molecule has 0 saturated heterocycles. The van der Waals surface area contributed by atoms with Crippen molar-refractivity contribution in [3.63, 3.8) is 0 Å². The van der Waals surface area contributed by atoms with Crippen molar-refractivity contribution in [1.29, 1.82) is 0 Å². The molecular formula is C18H19FN2O2S. The lowest BCUT2D eigenvalue weighted by atomic mass is 9.84. The van der Waals surface area contributed by atoms with Crippen molar-refractivity contribution in [3.05, 3.63) is 52.5 Å². The number of hydrogen-bond donors (Lipinski definition) is 2. The second-order valence-corrected chi connectivity index (χ2v) is 7.06. The summed E-state index contributed by atoms with van der Waals surface area (Å²) >= 11 is 1.69. The standard InChI is InChI=1S/C18H19FN2O2S/c19-13-5-3-6-14(11-13)21-17(23)16(22)20-12-18(8-1-2-9-18)15-7-4-10-24-15/h3-7,10-11H,1-2,8-9,12H2,(H,20,22)(H,21,23). The summed E-state index contributed by atoms with van der Waals surface area (Å²) in [5, 5.41) is 7.20. The first-order valence-electron chi connectivity index (χ1n) is 7.98. The predicted octanol–water partition coefficient (Wildman–Crippen LogP) is 3.45. The van der Waals surface area contributed by atoms with Crippen LogP contribution < -0.4 is 10.6 Å². The van der Waals surface area contributed by atoms with Gasteiger partial charge in [-0.15, -0.1) is 11.3 Å². The van der Waals surface area contributed by atoms with E-state index < -0.39 is 17.6 Å². The third-order valence-electron chi connectivity index (χ3n) is 4.48. The molecule has 1 fully saturated rings. The monoisotopic (exact) mass is 346 g/mol. The molecule has 0 radical (unpaired) electrons. The molecule has 0 atom stereocenters. The normalized spacial score (nSPS) is 15.9. The van der Waals surface area contributed by atoms with E-state index in [0.717, 1.165) is 25.7 Å². The molecule has 2 N–H and O–H groups in total. The van der Waals surface area contributed by atoms with Crippen molar-refractivity contribution in [2.75, 3.05) is 11.9 Å². The van der Waals surface area contributed by atoms with E-state index in [1.54, 1.807) is 17.4 Å². The van der Waals surface area contributed by atoms with Crippen molar-refractivity contribution in [1.82, 2.24) is 5.32 Å². The number of carbonyl (C=O) groups is 2. The van der Waals surface area contributed by atoms with Gasteiger partial charge in [0, 0.05) is 22.5 Å². The number of carbonyl (C=O) groups excluding carboxylic acids is 2. The minimum Gasteiger partial charge on any atom is -0.347 e. The highest BCUT2D eigenvalue weighted by Crippen LogP contribution is 2.42. The number of amides is 2. The molecule has 0 bridgehead atoms. The lowest BCUT2D eigenvalue weighted by Crippen LogP contribution is -2.43. The van der Waals surface area contributed by atoms with Crippen LogP contribution in [0.5, 0.6) is 0 Å². The Kier molecular flexibility index (Phi) is 4.94. The summed E-state index contributed by atoms with van der Waals surface area (Å²) in [4.78, 5) is 25.3. The molecule has 1 aliphatic rings. The van der Waals surface area contributed by atoms with Crippen LogP contribution >= 0.6 is 11.3 Å². The number of halogens is 1. The maximum atomic E-state index is 13.1. The van der Waals surface area contributed by atoms with Crippen LogP contribution in [0.1, 0.15) is 30.6 Å². The smallest absolute Gasteiger partial charge is 0.313 e. The fraction of sp³-hybridized carbons (Fsp3) is 0.333. The van der Waals surface area contributed by atoms with Crippen molar-refractivity contribution >= 4 is 28.8 Å². The zero-order valence-electron chi connectivity index (χ0n) is 13.2. The Morgan fingerprint density at radius 1 is 1.12 bits per heavy atom. The van der Waals surface area contributed by atoms with Crippen LogP contribution in [0.3, 0.4) is 0 Å². The van der Waals surface area contributed by atoms with Gasteiger partial charge in [0.15, 0.2) is 0 Å². The highest BCUT2D eigenvalue weighted by Gasteiger charge is 2.37. The summed E-state index contributed by atoms with van der Waals surface area (Å²) in [6.07, 6.45) is 4.28. The number of anilines is 1. The first-order valence-corrected chi connectivity index (χ1v) is 8.86. The Morgan fingerprint density at radius 2 is 1.92 bits per heavy atom. The van der Waals surface area contributed by atoms with Crippen LogP contribution in [0.2, 0.25) is 0 Å². The van der Waals surface area contributed by atoms with Crippen molar-refractivity contribution in [2.45, 2.75) is 31.1 Å². The van der Waals surface area contributed by atoms with Gasteiger partial charge in [0.2, 0.25) is 0 Å². The Labute approximate surface area is 144 Å². The van der Waals surface area contributed by atoms with E-state index in [0.29, 0.717) is 6.54 Å². The molecule has 126 valence electrons. The minimum atomic E-state index is -0.778. The molecule has 0 spiro atoms. The molecule has 2 aromatic rings. The topological polar surface area (TPSA) is 58.2 Å². The van der Waals surface area contributed by atoms with E-state index in [9.17, 15) is 14.0 Å². The molecule has 0 unspecified atom stereocenters. The van der Waals surface area contributed by atoms with Gasteiger partial charge >= 0.3 is 11.8 Å². The molecule has 1 aromatic heterocycles. The lowest BCUT2D eigenvalue weighted by Gasteiger charge is -2.28. The number of benzene rings is 1. The highest BCUT2D eigenvalue weighted by atomic mass is 32.1. The zero-order chi connectivity index (χ0) is 17.0. The molecule has 1 heterocycles. The summed E-state index contributed by atoms with van der Waals surface area (Å²) in [5.74, 6) is -1.93. The van der Waals surface area contributed by atoms with Gasteiger partial charge in [-0.1, -0.05) is 25.0 Å². The second-order valence-electron chi connectivity index (χ2n) is 6.11.